The zero-order valence-corrected chi connectivity index (χ0v) is 21.6. The molecule has 0 fully saturated rings. The lowest BCUT2D eigenvalue weighted by Crippen LogP contribution is -1.97. The fourth-order valence-corrected chi connectivity index (χ4v) is 2.84. The molecule has 0 amide bonds. The quantitative estimate of drug-likeness (QED) is 0.115. The van der Waals surface area contributed by atoms with Gasteiger partial charge in [0.15, 0.2) is 23.0 Å². The van der Waals surface area contributed by atoms with Crippen LogP contribution in [0.25, 0.3) is 11.1 Å². The number of rotatable bonds is 15. The fraction of sp³-hybridized carbons (Fsp3) is 0.0333. The van der Waals surface area contributed by atoms with Gasteiger partial charge in [0, 0.05) is 18.2 Å². The first-order chi connectivity index (χ1) is 19.3. The van der Waals surface area contributed by atoms with Crippen LogP contribution in [0.2, 0.25) is 0 Å². The summed E-state index contributed by atoms with van der Waals surface area (Å²) in [5, 5.41) is 0. The average molecular weight is 547 g/mol. The Bertz CT molecular complexity index is 1360. The summed E-state index contributed by atoms with van der Waals surface area (Å²) in [7, 11) is 0. The second kappa shape index (κ2) is 16.2. The zero-order valence-electron chi connectivity index (χ0n) is 21.6. The number of carbonyl (C=O) groups is 3. The highest BCUT2D eigenvalue weighted by molar-refractivity contribution is 5.82. The minimum absolute atomic E-state index is 0.235. The van der Waals surface area contributed by atoms with Gasteiger partial charge in [-0.05, 0) is 47.9 Å². The van der Waals surface area contributed by atoms with Crippen molar-refractivity contribution in [3.05, 3.63) is 124 Å². The molecule has 2 rings (SSSR count). The molecule has 0 aliphatic carbocycles. The topological polar surface area (TPSA) is 116 Å². The number of aryl methyl sites for hydroxylation is 1. The maximum Gasteiger partial charge on any atom is 0.335 e. The lowest BCUT2D eigenvalue weighted by molar-refractivity contribution is -0.133. The lowest BCUT2D eigenvalue weighted by atomic mass is 10.0. The highest BCUT2D eigenvalue weighted by Gasteiger charge is 2.14. The molecular formula is C30H26O10. The van der Waals surface area contributed by atoms with Crippen LogP contribution >= 0.6 is 0 Å². The van der Waals surface area contributed by atoms with Crippen LogP contribution in [-0.2, 0) is 28.6 Å². The molecule has 206 valence electrons. The van der Waals surface area contributed by atoms with E-state index in [0.717, 1.165) is 49.5 Å². The van der Waals surface area contributed by atoms with Gasteiger partial charge in [-0.1, -0.05) is 32.4 Å². The van der Waals surface area contributed by atoms with Gasteiger partial charge >= 0.3 is 17.9 Å². The summed E-state index contributed by atoms with van der Waals surface area (Å²) in [4.78, 5) is 33.7. The number of hydrogen-bond acceptors (Lipinski definition) is 10. The molecule has 0 N–H and O–H groups in total. The summed E-state index contributed by atoms with van der Waals surface area (Å²) in [6.07, 6.45) is 10.9. The highest BCUT2D eigenvalue weighted by Crippen LogP contribution is 2.39. The molecule has 0 heterocycles. The van der Waals surface area contributed by atoms with Gasteiger partial charge in [-0.3, -0.25) is 0 Å². The number of hydrogen-bond donors (Lipinski definition) is 0. The molecule has 10 nitrogen and oxygen atoms in total. The molecular weight excluding hydrogens is 520 g/mol. The molecule has 0 aliphatic rings. The number of esters is 3. The van der Waals surface area contributed by atoms with Crippen LogP contribution in [0.4, 0.5) is 0 Å². The monoisotopic (exact) mass is 546 g/mol. The van der Waals surface area contributed by atoms with E-state index in [1.165, 1.54) is 12.5 Å². The third kappa shape index (κ3) is 9.60. The van der Waals surface area contributed by atoms with Crippen LogP contribution in [0.5, 0.6) is 23.0 Å². The standard InChI is InChI=1S/C30H26O10/c1-6-27(31)37-14-12-35-24-11-10-22(19-25(24)34-9-4)23-18-21(5)30(40-17-16-39-29(33)8-3)26(20-23)36-13-15-38-28(32)7-2/h6-20H,1-4H2,5H3/b14-12+,15-13+,17-16+. The lowest BCUT2D eigenvalue weighted by Gasteiger charge is -2.15. The van der Waals surface area contributed by atoms with E-state index in [9.17, 15) is 14.4 Å². The number of ether oxygens (including phenoxy) is 7. The third-order valence-electron chi connectivity index (χ3n) is 4.52. The van der Waals surface area contributed by atoms with Gasteiger partial charge in [0.05, 0.1) is 6.26 Å². The average Bonchev–Trinajstić information content (AvgIpc) is 2.96. The van der Waals surface area contributed by atoms with E-state index in [2.05, 4.69) is 26.3 Å². The maximum absolute atomic E-state index is 11.3. The summed E-state index contributed by atoms with van der Waals surface area (Å²) >= 11 is 0. The van der Waals surface area contributed by atoms with Crippen molar-refractivity contribution in [2.45, 2.75) is 6.92 Å². The van der Waals surface area contributed by atoms with Crippen LogP contribution < -0.4 is 18.9 Å². The van der Waals surface area contributed by atoms with Crippen molar-refractivity contribution in [1.82, 2.24) is 0 Å². The Morgan fingerprint density at radius 1 is 0.575 bits per heavy atom. The van der Waals surface area contributed by atoms with Crippen molar-refractivity contribution in [2.24, 2.45) is 0 Å². The second-order valence-corrected chi connectivity index (χ2v) is 7.16. The molecule has 0 saturated heterocycles. The van der Waals surface area contributed by atoms with Crippen LogP contribution in [-0.4, -0.2) is 17.9 Å². The Kier molecular flexibility index (Phi) is 12.3. The summed E-state index contributed by atoms with van der Waals surface area (Å²) < 4.78 is 36.6. The fourth-order valence-electron chi connectivity index (χ4n) is 2.84. The molecule has 0 unspecified atom stereocenters. The van der Waals surface area contributed by atoms with E-state index in [-0.39, 0.29) is 11.5 Å². The highest BCUT2D eigenvalue weighted by atomic mass is 16.6. The molecule has 0 saturated carbocycles. The van der Waals surface area contributed by atoms with E-state index < -0.39 is 17.9 Å². The zero-order chi connectivity index (χ0) is 29.3. The SMILES string of the molecule is C=COc1cc(-c2cc(C)c(O/C=C/OC(=O)C=C)c(O/C=C/OC(=O)C=C)c2)ccc1O/C=C/OC(=O)C=C. The van der Waals surface area contributed by atoms with E-state index in [1.807, 2.05) is 6.07 Å². The summed E-state index contributed by atoms with van der Waals surface area (Å²) in [5.41, 5.74) is 2.03. The van der Waals surface area contributed by atoms with Crippen molar-refractivity contribution in [2.75, 3.05) is 0 Å². The first-order valence-electron chi connectivity index (χ1n) is 11.3. The Morgan fingerprint density at radius 2 is 1.07 bits per heavy atom. The van der Waals surface area contributed by atoms with E-state index in [4.69, 9.17) is 33.2 Å². The van der Waals surface area contributed by atoms with Gasteiger partial charge in [0.1, 0.15) is 37.6 Å². The molecule has 0 atom stereocenters. The molecule has 0 aromatic heterocycles. The summed E-state index contributed by atoms with van der Waals surface area (Å²) in [6.45, 7) is 15.3. The number of benzene rings is 2. The summed E-state index contributed by atoms with van der Waals surface area (Å²) in [5.74, 6) is -0.812. The maximum atomic E-state index is 11.3. The molecule has 2 aromatic carbocycles. The van der Waals surface area contributed by atoms with Gasteiger partial charge in [0.2, 0.25) is 0 Å². The van der Waals surface area contributed by atoms with Gasteiger partial charge in [-0.2, -0.15) is 0 Å². The van der Waals surface area contributed by atoms with E-state index in [0.29, 0.717) is 28.2 Å². The molecule has 2 aromatic rings. The minimum atomic E-state index is -0.668. The summed E-state index contributed by atoms with van der Waals surface area (Å²) in [6, 6.07) is 8.56. The first kappa shape index (κ1) is 30.5. The van der Waals surface area contributed by atoms with E-state index in [1.54, 1.807) is 31.2 Å². The van der Waals surface area contributed by atoms with Crippen molar-refractivity contribution in [3.8, 4) is 34.1 Å². The predicted molar refractivity (Wildman–Crippen MR) is 146 cm³/mol. The smallest absolute Gasteiger partial charge is 0.335 e. The van der Waals surface area contributed by atoms with Crippen LogP contribution in [0, 0.1) is 6.92 Å². The molecule has 0 spiro atoms. The third-order valence-corrected chi connectivity index (χ3v) is 4.52. The molecule has 0 radical (unpaired) electrons. The molecule has 40 heavy (non-hydrogen) atoms. The van der Waals surface area contributed by atoms with Gasteiger partial charge in [-0.25, -0.2) is 14.4 Å². The molecule has 0 aliphatic heterocycles. The molecule has 10 heteroatoms. The van der Waals surface area contributed by atoms with Crippen molar-refractivity contribution < 1.29 is 47.5 Å². The first-order valence-corrected chi connectivity index (χ1v) is 11.3. The minimum Gasteiger partial charge on any atom is -0.462 e. The van der Waals surface area contributed by atoms with Gasteiger partial charge < -0.3 is 33.2 Å². The van der Waals surface area contributed by atoms with Gasteiger partial charge in [-0.15, -0.1) is 0 Å². The van der Waals surface area contributed by atoms with Crippen LogP contribution in [0.15, 0.2) is 119 Å². The largest absolute Gasteiger partial charge is 0.462 e. The Balaban J connectivity index is 2.41. The van der Waals surface area contributed by atoms with Crippen molar-refractivity contribution in [1.29, 1.82) is 0 Å². The Labute approximate surface area is 231 Å². The van der Waals surface area contributed by atoms with Crippen LogP contribution in [0.3, 0.4) is 0 Å². The molecule has 0 bridgehead atoms. The van der Waals surface area contributed by atoms with E-state index >= 15 is 0 Å². The normalized spacial score (nSPS) is 10.5. The van der Waals surface area contributed by atoms with Crippen molar-refractivity contribution >= 4 is 17.9 Å². The second-order valence-electron chi connectivity index (χ2n) is 7.16. The van der Waals surface area contributed by atoms with Crippen LogP contribution in [0.1, 0.15) is 5.56 Å². The predicted octanol–water partition coefficient (Wildman–Crippen LogP) is 5.92. The Hall–Kier alpha value is -5.77. The number of carbonyl (C=O) groups excluding carboxylic acids is 3. The van der Waals surface area contributed by atoms with Crippen molar-refractivity contribution in [3.63, 3.8) is 0 Å². The van der Waals surface area contributed by atoms with Gasteiger partial charge in [0.25, 0.3) is 0 Å². The Morgan fingerprint density at radius 3 is 1.60 bits per heavy atom.